The number of aromatic nitrogens is 3. The molecule has 0 aliphatic carbocycles. The number of Topliss-reactive ketones (excluding diaryl/α,β-unsaturated/α-hetero) is 1. The number of ketones is 2. The molecule has 1 heterocycles. The van der Waals surface area contributed by atoms with Crippen molar-refractivity contribution < 1.29 is 19.1 Å². The van der Waals surface area contributed by atoms with Gasteiger partial charge >= 0.3 is 6.09 Å². The largest absolute Gasteiger partial charge is 0.445 e. The molecule has 10 heteroatoms. The first-order valence-electron chi connectivity index (χ1n) is 13.9. The summed E-state index contributed by atoms with van der Waals surface area (Å²) in [7, 11) is 0. The third kappa shape index (κ3) is 7.08. The molecular formula is C34H30ClN5O4. The summed E-state index contributed by atoms with van der Waals surface area (Å²) in [6.07, 6.45) is -0.596. The molecule has 9 nitrogen and oxygen atoms in total. The quantitative estimate of drug-likeness (QED) is 0.188. The third-order valence-electron chi connectivity index (χ3n) is 7.05. The highest BCUT2D eigenvalue weighted by molar-refractivity contribution is 6.31. The number of nitrogens with zero attached hydrogens (tertiary/aromatic N) is 3. The molecule has 0 fully saturated rings. The van der Waals surface area contributed by atoms with Crippen LogP contribution in [0.2, 0.25) is 5.02 Å². The SMILES string of the molecule is Cc1nnc(C(N)C(=O)[C@H](Cc2ccccc2)NC(=O)OCc2ccccc2)n1-c1ccc(Cl)cc1C(=O)c1ccccc1. The Kier molecular flexibility index (Phi) is 9.59. The molecule has 1 aromatic heterocycles. The molecule has 0 bridgehead atoms. The fourth-order valence-corrected chi connectivity index (χ4v) is 5.00. The molecule has 1 amide bonds. The lowest BCUT2D eigenvalue weighted by molar-refractivity contribution is -0.122. The van der Waals surface area contributed by atoms with Gasteiger partial charge in [0, 0.05) is 16.1 Å². The Morgan fingerprint density at radius 2 is 1.48 bits per heavy atom. The van der Waals surface area contributed by atoms with Crippen LogP contribution in [0.5, 0.6) is 0 Å². The van der Waals surface area contributed by atoms with Gasteiger partial charge in [0.05, 0.1) is 11.7 Å². The molecule has 2 atom stereocenters. The van der Waals surface area contributed by atoms with Gasteiger partial charge < -0.3 is 15.8 Å². The molecule has 3 N–H and O–H groups in total. The van der Waals surface area contributed by atoms with Gasteiger partial charge in [-0.25, -0.2) is 4.79 Å². The van der Waals surface area contributed by atoms with E-state index < -0.39 is 24.0 Å². The van der Waals surface area contributed by atoms with Crippen LogP contribution in [0.3, 0.4) is 0 Å². The molecule has 5 aromatic rings. The lowest BCUT2D eigenvalue weighted by Gasteiger charge is -2.22. The summed E-state index contributed by atoms with van der Waals surface area (Å²) in [5.74, 6) is -0.270. The summed E-state index contributed by atoms with van der Waals surface area (Å²) >= 11 is 6.31. The first-order valence-corrected chi connectivity index (χ1v) is 14.3. The summed E-state index contributed by atoms with van der Waals surface area (Å²) in [5.41, 5.74) is 9.36. The van der Waals surface area contributed by atoms with Crippen LogP contribution in [0.25, 0.3) is 5.69 Å². The van der Waals surface area contributed by atoms with Crippen LogP contribution in [0.1, 0.15) is 44.7 Å². The Morgan fingerprint density at radius 3 is 2.14 bits per heavy atom. The number of nitrogens with two attached hydrogens (primary N) is 1. The van der Waals surface area contributed by atoms with Crippen LogP contribution in [-0.4, -0.2) is 38.5 Å². The Balaban J connectivity index is 1.45. The van der Waals surface area contributed by atoms with E-state index in [9.17, 15) is 14.4 Å². The lowest BCUT2D eigenvalue weighted by atomic mass is 9.97. The average molecular weight is 608 g/mol. The maximum Gasteiger partial charge on any atom is 0.408 e. The molecule has 0 saturated heterocycles. The summed E-state index contributed by atoms with van der Waals surface area (Å²) in [6, 6.07) is 29.7. The molecule has 0 saturated carbocycles. The Labute approximate surface area is 259 Å². The molecule has 44 heavy (non-hydrogen) atoms. The smallest absolute Gasteiger partial charge is 0.408 e. The van der Waals surface area contributed by atoms with E-state index in [1.807, 2.05) is 66.7 Å². The van der Waals surface area contributed by atoms with E-state index in [4.69, 9.17) is 22.1 Å². The highest BCUT2D eigenvalue weighted by Gasteiger charge is 2.32. The fraction of sp³-hybridized carbons (Fsp3) is 0.147. The second kappa shape index (κ2) is 13.9. The zero-order valence-electron chi connectivity index (χ0n) is 23.9. The number of halogens is 1. The van der Waals surface area contributed by atoms with Crippen molar-refractivity contribution in [2.24, 2.45) is 5.73 Å². The van der Waals surface area contributed by atoms with Crippen molar-refractivity contribution in [3.05, 3.63) is 148 Å². The number of benzene rings is 4. The minimum Gasteiger partial charge on any atom is -0.445 e. The zero-order valence-corrected chi connectivity index (χ0v) is 24.6. The van der Waals surface area contributed by atoms with Gasteiger partial charge in [-0.1, -0.05) is 103 Å². The monoisotopic (exact) mass is 607 g/mol. The third-order valence-corrected chi connectivity index (χ3v) is 7.28. The Morgan fingerprint density at radius 1 is 0.864 bits per heavy atom. The number of hydrogen-bond donors (Lipinski definition) is 2. The predicted molar refractivity (Wildman–Crippen MR) is 167 cm³/mol. The minimum atomic E-state index is -1.31. The molecule has 1 unspecified atom stereocenters. The van der Waals surface area contributed by atoms with E-state index >= 15 is 0 Å². The minimum absolute atomic E-state index is 0.0350. The molecule has 4 aromatic carbocycles. The van der Waals surface area contributed by atoms with Crippen molar-refractivity contribution >= 4 is 29.3 Å². The fourth-order valence-electron chi connectivity index (χ4n) is 4.83. The molecule has 5 rings (SSSR count). The number of carbonyl (C=O) groups is 3. The first kappa shape index (κ1) is 30.3. The van der Waals surface area contributed by atoms with Gasteiger partial charge in [0.15, 0.2) is 17.4 Å². The van der Waals surface area contributed by atoms with Crippen LogP contribution in [0, 0.1) is 6.92 Å². The molecule has 0 spiro atoms. The number of ether oxygens (including phenoxy) is 1. The molecular weight excluding hydrogens is 578 g/mol. The van der Waals surface area contributed by atoms with Gasteiger partial charge in [-0.2, -0.15) is 0 Å². The maximum atomic E-state index is 14.0. The van der Waals surface area contributed by atoms with Crippen LogP contribution < -0.4 is 11.1 Å². The lowest BCUT2D eigenvalue weighted by Crippen LogP contribution is -2.47. The highest BCUT2D eigenvalue weighted by Crippen LogP contribution is 2.27. The van der Waals surface area contributed by atoms with Crippen molar-refractivity contribution in [2.75, 3.05) is 0 Å². The van der Waals surface area contributed by atoms with E-state index in [-0.39, 0.29) is 30.2 Å². The highest BCUT2D eigenvalue weighted by atomic mass is 35.5. The summed E-state index contributed by atoms with van der Waals surface area (Å²) in [5, 5.41) is 11.5. The van der Waals surface area contributed by atoms with Gasteiger partial charge in [-0.3, -0.25) is 14.2 Å². The normalized spacial score (nSPS) is 12.2. The van der Waals surface area contributed by atoms with E-state index in [0.717, 1.165) is 11.1 Å². The van der Waals surface area contributed by atoms with Crippen LogP contribution in [-0.2, 0) is 22.6 Å². The van der Waals surface area contributed by atoms with E-state index in [0.29, 0.717) is 22.1 Å². The van der Waals surface area contributed by atoms with E-state index in [2.05, 4.69) is 15.5 Å². The summed E-state index contributed by atoms with van der Waals surface area (Å²) in [6.45, 7) is 1.73. The molecule has 0 aliphatic heterocycles. The zero-order chi connectivity index (χ0) is 31.1. The van der Waals surface area contributed by atoms with Crippen molar-refractivity contribution in [2.45, 2.75) is 32.0 Å². The van der Waals surface area contributed by atoms with E-state index in [1.165, 1.54) is 0 Å². The Bertz CT molecular complexity index is 1760. The second-order valence-corrected chi connectivity index (χ2v) is 10.6. The van der Waals surface area contributed by atoms with Gasteiger partial charge in [-0.15, -0.1) is 10.2 Å². The number of hydrogen-bond acceptors (Lipinski definition) is 7. The number of amides is 1. The van der Waals surface area contributed by atoms with Crippen LogP contribution in [0.4, 0.5) is 4.79 Å². The predicted octanol–water partition coefficient (Wildman–Crippen LogP) is 5.57. The van der Waals surface area contributed by atoms with E-state index in [1.54, 1.807) is 54.0 Å². The van der Waals surface area contributed by atoms with Crippen LogP contribution >= 0.6 is 11.6 Å². The number of alkyl carbamates (subject to hydrolysis) is 1. The first-order chi connectivity index (χ1) is 21.3. The van der Waals surface area contributed by atoms with Gasteiger partial charge in [0.25, 0.3) is 0 Å². The average Bonchev–Trinajstić information content (AvgIpc) is 3.44. The number of nitrogens with one attached hydrogen (secondary N) is 1. The van der Waals surface area contributed by atoms with Crippen molar-refractivity contribution in [1.29, 1.82) is 0 Å². The van der Waals surface area contributed by atoms with Gasteiger partial charge in [0.1, 0.15) is 18.5 Å². The topological polar surface area (TPSA) is 129 Å². The molecule has 0 aliphatic rings. The number of carbonyl (C=O) groups excluding carboxylic acids is 3. The van der Waals surface area contributed by atoms with Gasteiger partial charge in [-0.05, 0) is 42.7 Å². The van der Waals surface area contributed by atoms with Gasteiger partial charge in [0.2, 0.25) is 0 Å². The molecule has 0 radical (unpaired) electrons. The van der Waals surface area contributed by atoms with Crippen LogP contribution in [0.15, 0.2) is 109 Å². The standard InChI is InChI=1S/C34H30ClN5O4/c1-22-38-39-33(40(22)29-18-17-26(35)20-27(29)31(41)25-15-9-4-10-16-25)30(36)32(42)28(19-23-11-5-2-6-12-23)37-34(43)44-21-24-13-7-3-8-14-24/h2-18,20,28,30H,19,21,36H2,1H3,(H,37,43)/t28-,30?/m0/s1. The number of aryl methyl sites for hydroxylation is 1. The van der Waals surface area contributed by atoms with Crippen molar-refractivity contribution in [3.8, 4) is 5.69 Å². The summed E-state index contributed by atoms with van der Waals surface area (Å²) in [4.78, 5) is 40.4. The summed E-state index contributed by atoms with van der Waals surface area (Å²) < 4.78 is 6.97. The van der Waals surface area contributed by atoms with Crippen molar-refractivity contribution in [3.63, 3.8) is 0 Å². The maximum absolute atomic E-state index is 14.0. The Hall–Kier alpha value is -5.12. The second-order valence-electron chi connectivity index (χ2n) is 10.1. The molecule has 222 valence electrons. The van der Waals surface area contributed by atoms with Crippen molar-refractivity contribution in [1.82, 2.24) is 20.1 Å². The number of rotatable bonds is 11.